The highest BCUT2D eigenvalue weighted by Crippen LogP contribution is 2.47. The van der Waals surface area contributed by atoms with Crippen molar-refractivity contribution in [2.45, 2.75) is 133 Å². The number of hydrogen-bond acceptors (Lipinski definition) is 10. The lowest BCUT2D eigenvalue weighted by atomic mass is 9.85. The molecule has 4 amide bonds. The highest BCUT2D eigenvalue weighted by molar-refractivity contribution is 7.91. The van der Waals surface area contributed by atoms with Crippen LogP contribution in [-0.4, -0.2) is 90.9 Å². The number of ether oxygens (including phenoxy) is 3. The summed E-state index contributed by atoms with van der Waals surface area (Å²) in [6.07, 6.45) is 5.55. The molecule has 3 heterocycles. The second-order valence-electron chi connectivity index (χ2n) is 16.9. The van der Waals surface area contributed by atoms with Crippen molar-refractivity contribution < 1.29 is 41.8 Å². The summed E-state index contributed by atoms with van der Waals surface area (Å²) in [6, 6.07) is 5.46. The number of carbonyl (C=O) groups excluding carboxylic acids is 4. The van der Waals surface area contributed by atoms with Gasteiger partial charge in [-0.25, -0.2) is 18.2 Å². The van der Waals surface area contributed by atoms with E-state index >= 15 is 0 Å². The summed E-state index contributed by atoms with van der Waals surface area (Å²) in [5.41, 5.74) is -0.613. The van der Waals surface area contributed by atoms with Crippen molar-refractivity contribution in [1.29, 1.82) is 0 Å². The highest BCUT2D eigenvalue weighted by Gasteiger charge is 2.62. The number of pyridine rings is 1. The average molecular weight is 768 g/mol. The standard InChI is InChI=1S/C39H53N5O9S/c1-6-24-20-39(24,36(47)43-54(49,50)27-13-14-27)42-34(45)30-19-26-21-44(30)35(46)33(38(2,3)4)41-37(48)53-31-17-22(31)10-8-7-9-11-29-32(52-26)18-23-16-25(51-5)12-15-28(23)40-29/h12,15-16,18,22,24,26-27,30-31,33H,6-11,13-14,17,19-21H2,1-5H3,(H,41,48)(H,42,45)(H,43,47)/t22-,24-,26?,30+,31-,33?,39-/m1/s1. The van der Waals surface area contributed by atoms with Gasteiger partial charge in [0.1, 0.15) is 41.3 Å². The number of carbonyl (C=O) groups is 4. The molecule has 2 bridgehead atoms. The molecule has 1 saturated heterocycles. The zero-order valence-electron chi connectivity index (χ0n) is 31.8. The predicted molar refractivity (Wildman–Crippen MR) is 199 cm³/mol. The van der Waals surface area contributed by atoms with Crippen molar-refractivity contribution in [2.75, 3.05) is 13.7 Å². The molecular formula is C39H53N5O9S. The topological polar surface area (TPSA) is 182 Å². The number of nitrogens with one attached hydrogen (secondary N) is 3. The quantitative estimate of drug-likeness (QED) is 0.371. The Kier molecular flexibility index (Phi) is 10.2. The van der Waals surface area contributed by atoms with Crippen LogP contribution in [0.4, 0.5) is 4.79 Å². The first kappa shape index (κ1) is 38.1. The number of aromatic nitrogens is 1. The van der Waals surface area contributed by atoms with Crippen LogP contribution in [0.2, 0.25) is 0 Å². The summed E-state index contributed by atoms with van der Waals surface area (Å²) in [6.45, 7) is 7.39. The normalized spacial score (nSPS) is 30.4. The van der Waals surface area contributed by atoms with E-state index in [1.165, 1.54) is 4.90 Å². The van der Waals surface area contributed by atoms with Gasteiger partial charge in [-0.3, -0.25) is 19.1 Å². The van der Waals surface area contributed by atoms with Crippen molar-refractivity contribution in [2.24, 2.45) is 17.3 Å². The first-order valence-electron chi connectivity index (χ1n) is 19.4. The minimum absolute atomic E-state index is 0.0208. The van der Waals surface area contributed by atoms with Crippen LogP contribution in [0, 0.1) is 17.3 Å². The molecule has 1 aromatic carbocycles. The minimum atomic E-state index is -3.86. The van der Waals surface area contributed by atoms with Crippen LogP contribution in [0.5, 0.6) is 11.5 Å². The minimum Gasteiger partial charge on any atom is -0.497 e. The van der Waals surface area contributed by atoms with E-state index in [-0.39, 0.29) is 37.3 Å². The first-order valence-corrected chi connectivity index (χ1v) is 21.0. The molecule has 0 radical (unpaired) electrons. The first-order chi connectivity index (χ1) is 25.6. The predicted octanol–water partition coefficient (Wildman–Crippen LogP) is 4.13. The molecule has 4 fully saturated rings. The van der Waals surface area contributed by atoms with E-state index < -0.39 is 68.2 Å². The lowest BCUT2D eigenvalue weighted by Gasteiger charge is -2.35. The Hall–Kier alpha value is -4.14. The van der Waals surface area contributed by atoms with Crippen molar-refractivity contribution in [3.05, 3.63) is 30.0 Å². The Bertz CT molecular complexity index is 1930. The van der Waals surface area contributed by atoms with E-state index in [0.717, 1.165) is 48.7 Å². The Morgan fingerprint density at radius 2 is 1.85 bits per heavy atom. The van der Waals surface area contributed by atoms with Crippen molar-refractivity contribution in [3.63, 3.8) is 0 Å². The second kappa shape index (κ2) is 14.5. The van der Waals surface area contributed by atoms with E-state index in [1.807, 2.05) is 52.0 Å². The number of hydrogen-bond donors (Lipinski definition) is 3. The molecule has 2 aromatic rings. The van der Waals surface area contributed by atoms with E-state index in [1.54, 1.807) is 7.11 Å². The molecule has 3 aliphatic carbocycles. The largest absolute Gasteiger partial charge is 0.497 e. The summed E-state index contributed by atoms with van der Waals surface area (Å²) in [7, 11) is -2.26. The maximum Gasteiger partial charge on any atom is 0.408 e. The zero-order chi connectivity index (χ0) is 38.6. The van der Waals surface area contributed by atoms with Crippen LogP contribution < -0.4 is 24.8 Å². The Morgan fingerprint density at radius 3 is 2.54 bits per heavy atom. The lowest BCUT2D eigenvalue weighted by molar-refractivity contribution is -0.143. The van der Waals surface area contributed by atoms with E-state index in [0.29, 0.717) is 37.2 Å². The van der Waals surface area contributed by atoms with Gasteiger partial charge >= 0.3 is 6.09 Å². The Balaban J connectivity index is 1.21. The number of amides is 4. The molecule has 294 valence electrons. The Morgan fingerprint density at radius 1 is 1.07 bits per heavy atom. The van der Waals surface area contributed by atoms with E-state index in [9.17, 15) is 27.6 Å². The maximum absolute atomic E-state index is 14.6. The number of methoxy groups -OCH3 is 1. The van der Waals surface area contributed by atoms with Gasteiger partial charge in [0.15, 0.2) is 0 Å². The van der Waals surface area contributed by atoms with Crippen LogP contribution in [0.1, 0.15) is 97.6 Å². The fourth-order valence-electron chi connectivity index (χ4n) is 8.08. The molecule has 0 spiro atoms. The number of fused-ring (bicyclic) bond motifs is 5. The third-order valence-electron chi connectivity index (χ3n) is 11.7. The van der Waals surface area contributed by atoms with Gasteiger partial charge in [-0.1, -0.05) is 47.0 Å². The third kappa shape index (κ3) is 7.97. The second-order valence-corrected chi connectivity index (χ2v) is 18.9. The molecule has 7 atom stereocenters. The number of rotatable bonds is 7. The van der Waals surface area contributed by atoms with Crippen LogP contribution in [0.15, 0.2) is 24.3 Å². The van der Waals surface area contributed by atoms with Crippen LogP contribution in [0.25, 0.3) is 10.9 Å². The smallest absolute Gasteiger partial charge is 0.408 e. The Labute approximate surface area is 316 Å². The van der Waals surface area contributed by atoms with Crippen molar-refractivity contribution >= 4 is 44.7 Å². The van der Waals surface area contributed by atoms with Gasteiger partial charge in [0, 0.05) is 11.8 Å². The fourth-order valence-corrected chi connectivity index (χ4v) is 9.44. The van der Waals surface area contributed by atoms with Crippen LogP contribution in [0.3, 0.4) is 0 Å². The molecule has 15 heteroatoms. The van der Waals surface area contributed by atoms with Crippen LogP contribution >= 0.6 is 0 Å². The summed E-state index contributed by atoms with van der Waals surface area (Å²) >= 11 is 0. The number of aryl methyl sites for hydroxylation is 1. The van der Waals surface area contributed by atoms with Gasteiger partial charge in [0.05, 0.1) is 30.1 Å². The third-order valence-corrected chi connectivity index (χ3v) is 13.5. The number of benzene rings is 1. The monoisotopic (exact) mass is 767 g/mol. The molecule has 1 aromatic heterocycles. The molecule has 3 saturated carbocycles. The summed E-state index contributed by atoms with van der Waals surface area (Å²) in [5.74, 6) is -0.605. The summed E-state index contributed by atoms with van der Waals surface area (Å²) < 4.78 is 45.7. The van der Waals surface area contributed by atoms with Crippen LogP contribution in [-0.2, 0) is 35.6 Å². The average Bonchev–Trinajstić information content (AvgIpc) is 4.04. The van der Waals surface area contributed by atoms with Gasteiger partial charge in [-0.05, 0) is 86.5 Å². The maximum atomic E-state index is 14.6. The molecule has 7 rings (SSSR count). The highest BCUT2D eigenvalue weighted by atomic mass is 32.2. The SMILES string of the molecule is CC[C@@H]1C[C@]1(NC(=O)[C@@H]1CC2CN1C(=O)C(C(C)(C)C)NC(=O)O[C@@H]1C[C@H]1CCCCCc1nc3ccc(OC)cc3cc1O2)C(=O)NS(=O)(=O)C1CC1. The van der Waals surface area contributed by atoms with Gasteiger partial charge in [0.25, 0.3) is 5.91 Å². The van der Waals surface area contributed by atoms with Crippen molar-refractivity contribution in [1.82, 2.24) is 25.2 Å². The number of sulfonamides is 1. The summed E-state index contributed by atoms with van der Waals surface area (Å²) in [5, 5.41) is 5.93. The van der Waals surface area contributed by atoms with E-state index in [2.05, 4.69) is 15.4 Å². The summed E-state index contributed by atoms with van der Waals surface area (Å²) in [4.78, 5) is 62.2. The molecule has 14 nitrogen and oxygen atoms in total. The van der Waals surface area contributed by atoms with Crippen molar-refractivity contribution in [3.8, 4) is 11.5 Å². The molecular weight excluding hydrogens is 715 g/mol. The molecule has 5 aliphatic rings. The number of nitrogens with zero attached hydrogens (tertiary/aromatic N) is 2. The van der Waals surface area contributed by atoms with Gasteiger partial charge in [0.2, 0.25) is 21.8 Å². The molecule has 3 N–H and O–H groups in total. The fraction of sp³-hybridized carbons (Fsp3) is 0.667. The molecule has 2 aliphatic heterocycles. The van der Waals surface area contributed by atoms with E-state index in [4.69, 9.17) is 19.2 Å². The molecule has 54 heavy (non-hydrogen) atoms. The zero-order valence-corrected chi connectivity index (χ0v) is 32.6. The lowest BCUT2D eigenvalue weighted by Crippen LogP contribution is -2.60. The van der Waals surface area contributed by atoms with Gasteiger partial charge in [-0.15, -0.1) is 0 Å². The van der Waals surface area contributed by atoms with Gasteiger partial charge in [-0.2, -0.15) is 0 Å². The number of alkyl carbamates (subject to hydrolysis) is 1. The molecule has 2 unspecified atom stereocenters. The van der Waals surface area contributed by atoms with Gasteiger partial charge < -0.3 is 29.7 Å².